The molecule has 3 N–H and O–H groups in total. The summed E-state index contributed by atoms with van der Waals surface area (Å²) in [5, 5.41) is 9.56. The maximum absolute atomic E-state index is 12.2. The predicted molar refractivity (Wildman–Crippen MR) is 113 cm³/mol. The fourth-order valence-corrected chi connectivity index (χ4v) is 3.21. The van der Waals surface area contributed by atoms with E-state index < -0.39 is 0 Å². The zero-order valence-electron chi connectivity index (χ0n) is 13.8. The molecule has 0 saturated carbocycles. The smallest absolute Gasteiger partial charge is 0.323 e. The van der Waals surface area contributed by atoms with E-state index in [1.807, 2.05) is 18.2 Å². The SMILES string of the molecule is O=C(Nc1cccc(CNc2nccnc2Cl)c1)Nc1ccc(Cl)cc1Br. The summed E-state index contributed by atoms with van der Waals surface area (Å²) in [6.45, 7) is 0.484. The van der Waals surface area contributed by atoms with Crippen molar-refractivity contribution in [3.8, 4) is 0 Å². The summed E-state index contributed by atoms with van der Waals surface area (Å²) in [7, 11) is 0. The highest BCUT2D eigenvalue weighted by atomic mass is 79.9. The quantitative estimate of drug-likeness (QED) is 0.443. The van der Waals surface area contributed by atoms with E-state index in [9.17, 15) is 4.79 Å². The van der Waals surface area contributed by atoms with Crippen LogP contribution >= 0.6 is 39.1 Å². The Morgan fingerprint density at radius 3 is 2.63 bits per heavy atom. The van der Waals surface area contributed by atoms with Crippen LogP contribution in [0.2, 0.25) is 10.2 Å². The summed E-state index contributed by atoms with van der Waals surface area (Å²) in [6, 6.07) is 12.2. The third kappa shape index (κ3) is 5.56. The first kappa shape index (κ1) is 19.4. The van der Waals surface area contributed by atoms with Crippen LogP contribution in [0.25, 0.3) is 0 Å². The molecule has 0 atom stereocenters. The van der Waals surface area contributed by atoms with E-state index in [0.29, 0.717) is 38.4 Å². The first-order valence-corrected chi connectivity index (χ1v) is 9.38. The fourth-order valence-electron chi connectivity index (χ4n) is 2.26. The molecule has 0 unspecified atom stereocenters. The number of nitrogens with one attached hydrogen (secondary N) is 3. The molecule has 0 aliphatic rings. The molecule has 1 heterocycles. The summed E-state index contributed by atoms with van der Waals surface area (Å²) < 4.78 is 0.698. The number of aromatic nitrogens is 2. The molecule has 27 heavy (non-hydrogen) atoms. The third-order valence-electron chi connectivity index (χ3n) is 3.48. The van der Waals surface area contributed by atoms with Gasteiger partial charge >= 0.3 is 6.03 Å². The molecular weight excluding hydrogens is 453 g/mol. The van der Waals surface area contributed by atoms with Gasteiger partial charge in [-0.05, 0) is 51.8 Å². The van der Waals surface area contributed by atoms with Gasteiger partial charge in [0.25, 0.3) is 0 Å². The van der Waals surface area contributed by atoms with Gasteiger partial charge in [-0.15, -0.1) is 0 Å². The normalized spacial score (nSPS) is 10.3. The van der Waals surface area contributed by atoms with Crippen LogP contribution in [0.15, 0.2) is 59.3 Å². The van der Waals surface area contributed by atoms with E-state index in [-0.39, 0.29) is 6.03 Å². The molecule has 3 aromatic rings. The molecule has 0 fully saturated rings. The molecule has 6 nitrogen and oxygen atoms in total. The molecule has 138 valence electrons. The van der Waals surface area contributed by atoms with Gasteiger partial charge in [-0.1, -0.05) is 35.3 Å². The number of nitrogens with zero attached hydrogens (tertiary/aromatic N) is 2. The number of hydrogen-bond donors (Lipinski definition) is 3. The first-order chi connectivity index (χ1) is 13.0. The molecule has 9 heteroatoms. The Morgan fingerprint density at radius 2 is 1.85 bits per heavy atom. The van der Waals surface area contributed by atoms with E-state index in [0.717, 1.165) is 5.56 Å². The van der Waals surface area contributed by atoms with Gasteiger partial charge in [0.05, 0.1) is 5.69 Å². The molecule has 0 bridgehead atoms. The van der Waals surface area contributed by atoms with Crippen molar-refractivity contribution in [2.24, 2.45) is 0 Å². The lowest BCUT2D eigenvalue weighted by molar-refractivity contribution is 0.262. The lowest BCUT2D eigenvalue weighted by Gasteiger charge is -2.11. The summed E-state index contributed by atoms with van der Waals surface area (Å²) in [5.74, 6) is 0.503. The van der Waals surface area contributed by atoms with Crippen LogP contribution < -0.4 is 16.0 Å². The Morgan fingerprint density at radius 1 is 1.04 bits per heavy atom. The van der Waals surface area contributed by atoms with Crippen molar-refractivity contribution in [2.45, 2.75) is 6.54 Å². The van der Waals surface area contributed by atoms with Gasteiger partial charge in [-0.3, -0.25) is 0 Å². The van der Waals surface area contributed by atoms with Crippen molar-refractivity contribution in [1.82, 2.24) is 9.97 Å². The monoisotopic (exact) mass is 465 g/mol. The van der Waals surface area contributed by atoms with Crippen LogP contribution in [0.1, 0.15) is 5.56 Å². The molecule has 2 amide bonds. The maximum atomic E-state index is 12.2. The number of hydrogen-bond acceptors (Lipinski definition) is 4. The van der Waals surface area contributed by atoms with Crippen molar-refractivity contribution in [3.63, 3.8) is 0 Å². The fraction of sp³-hybridized carbons (Fsp3) is 0.0556. The number of benzene rings is 2. The molecular formula is C18H14BrCl2N5O. The van der Waals surface area contributed by atoms with E-state index in [4.69, 9.17) is 23.2 Å². The first-order valence-electron chi connectivity index (χ1n) is 7.83. The standard InChI is InChI=1S/C18H14BrCl2N5O/c19-14-9-12(20)4-5-15(14)26-18(27)25-13-3-1-2-11(8-13)10-24-17-16(21)22-6-7-23-17/h1-9H,10H2,(H,23,24)(H2,25,26,27). The van der Waals surface area contributed by atoms with Crippen molar-refractivity contribution in [2.75, 3.05) is 16.0 Å². The van der Waals surface area contributed by atoms with Gasteiger partial charge in [0.2, 0.25) is 0 Å². The summed E-state index contributed by atoms with van der Waals surface area (Å²) in [6.07, 6.45) is 3.08. The number of rotatable bonds is 5. The zero-order chi connectivity index (χ0) is 19.2. The van der Waals surface area contributed by atoms with Crippen LogP contribution in [0, 0.1) is 0 Å². The Bertz CT molecular complexity index is 970. The van der Waals surface area contributed by atoms with E-state index in [2.05, 4.69) is 41.8 Å². The van der Waals surface area contributed by atoms with Crippen molar-refractivity contribution in [3.05, 3.63) is 75.1 Å². The van der Waals surface area contributed by atoms with Crippen molar-refractivity contribution < 1.29 is 4.79 Å². The van der Waals surface area contributed by atoms with Crippen LogP contribution in [-0.2, 0) is 6.54 Å². The van der Waals surface area contributed by atoms with E-state index >= 15 is 0 Å². The van der Waals surface area contributed by atoms with Gasteiger partial charge in [-0.25, -0.2) is 14.8 Å². The molecule has 0 spiro atoms. The second-order valence-corrected chi connectivity index (χ2v) is 7.10. The predicted octanol–water partition coefficient (Wildman–Crippen LogP) is 5.80. The van der Waals surface area contributed by atoms with Crippen molar-refractivity contribution in [1.29, 1.82) is 0 Å². The van der Waals surface area contributed by atoms with Crippen LogP contribution in [0.3, 0.4) is 0 Å². The van der Waals surface area contributed by atoms with E-state index in [1.54, 1.807) is 30.5 Å². The Balaban J connectivity index is 1.61. The molecule has 0 aliphatic carbocycles. The zero-order valence-corrected chi connectivity index (χ0v) is 16.9. The number of carbonyl (C=O) groups is 1. The molecule has 1 aromatic heterocycles. The van der Waals surface area contributed by atoms with Gasteiger partial charge in [-0.2, -0.15) is 0 Å². The highest BCUT2D eigenvalue weighted by Crippen LogP contribution is 2.26. The highest BCUT2D eigenvalue weighted by Gasteiger charge is 2.07. The number of amides is 2. The average Bonchev–Trinajstić information content (AvgIpc) is 2.64. The number of anilines is 3. The van der Waals surface area contributed by atoms with Gasteiger partial charge in [0, 0.05) is 34.1 Å². The minimum absolute atomic E-state index is 0.305. The summed E-state index contributed by atoms with van der Waals surface area (Å²) in [5.41, 5.74) is 2.22. The molecule has 0 aliphatic heterocycles. The summed E-state index contributed by atoms with van der Waals surface area (Å²) >= 11 is 15.2. The topological polar surface area (TPSA) is 78.9 Å². The average molecular weight is 467 g/mol. The van der Waals surface area contributed by atoms with Gasteiger partial charge in [0.1, 0.15) is 0 Å². The minimum Gasteiger partial charge on any atom is -0.363 e. The van der Waals surface area contributed by atoms with Crippen molar-refractivity contribution >= 4 is 62.4 Å². The highest BCUT2D eigenvalue weighted by molar-refractivity contribution is 9.10. The van der Waals surface area contributed by atoms with E-state index in [1.165, 1.54) is 6.20 Å². The molecule has 0 radical (unpaired) electrons. The van der Waals surface area contributed by atoms with Crippen LogP contribution in [0.5, 0.6) is 0 Å². The second-order valence-electron chi connectivity index (χ2n) is 5.45. The Hall–Kier alpha value is -2.35. The third-order valence-corrected chi connectivity index (χ3v) is 4.65. The number of halogens is 3. The van der Waals surface area contributed by atoms with Crippen LogP contribution in [-0.4, -0.2) is 16.0 Å². The largest absolute Gasteiger partial charge is 0.363 e. The maximum Gasteiger partial charge on any atom is 0.323 e. The molecule has 0 saturated heterocycles. The van der Waals surface area contributed by atoms with Gasteiger partial charge in [0.15, 0.2) is 11.0 Å². The van der Waals surface area contributed by atoms with Gasteiger partial charge < -0.3 is 16.0 Å². The molecule has 3 rings (SSSR count). The summed E-state index contributed by atoms with van der Waals surface area (Å²) in [4.78, 5) is 20.3. The lowest BCUT2D eigenvalue weighted by Crippen LogP contribution is -2.19. The Labute approximate surface area is 174 Å². The second kappa shape index (κ2) is 9.03. The number of urea groups is 1. The molecule has 2 aromatic carbocycles. The van der Waals surface area contributed by atoms with Crippen LogP contribution in [0.4, 0.5) is 22.0 Å². The number of carbonyl (C=O) groups excluding carboxylic acids is 1. The minimum atomic E-state index is -0.361. The lowest BCUT2D eigenvalue weighted by atomic mass is 10.2. The Kier molecular flexibility index (Phi) is 6.49.